The smallest absolute Gasteiger partial charge is 0.188 e. The second-order valence-electron chi connectivity index (χ2n) is 4.07. The van der Waals surface area contributed by atoms with E-state index in [1.54, 1.807) is 18.3 Å². The molecule has 3 aromatic rings. The number of aromatic nitrogens is 2. The molecule has 4 nitrogen and oxygen atoms in total. The summed E-state index contributed by atoms with van der Waals surface area (Å²) in [6, 6.07) is 15.2. The van der Waals surface area contributed by atoms with Gasteiger partial charge < -0.3 is 5.32 Å². The SMILES string of the molecule is N#Cc1ccc(-c2csc(Nc3ccccn3)n2)cc1. The maximum atomic E-state index is 8.79. The highest BCUT2D eigenvalue weighted by atomic mass is 32.1. The standard InChI is InChI=1S/C15H10N4S/c16-9-11-4-6-12(7-5-11)13-10-20-15(18-13)19-14-3-1-2-8-17-14/h1-8,10H,(H,17,18,19). The first-order valence-electron chi connectivity index (χ1n) is 5.99. The number of anilines is 2. The summed E-state index contributed by atoms with van der Waals surface area (Å²) in [6.45, 7) is 0. The van der Waals surface area contributed by atoms with E-state index in [1.165, 1.54) is 11.3 Å². The van der Waals surface area contributed by atoms with Crippen LogP contribution in [0.25, 0.3) is 11.3 Å². The first kappa shape index (κ1) is 12.3. The Morgan fingerprint density at radius 3 is 2.65 bits per heavy atom. The highest BCUT2D eigenvalue weighted by Gasteiger charge is 2.05. The molecule has 0 aliphatic heterocycles. The van der Waals surface area contributed by atoms with Gasteiger partial charge in [0.1, 0.15) is 5.82 Å². The van der Waals surface area contributed by atoms with E-state index >= 15 is 0 Å². The van der Waals surface area contributed by atoms with E-state index < -0.39 is 0 Å². The fourth-order valence-electron chi connectivity index (χ4n) is 1.73. The van der Waals surface area contributed by atoms with Crippen molar-refractivity contribution < 1.29 is 0 Å². The Morgan fingerprint density at radius 1 is 1.10 bits per heavy atom. The van der Waals surface area contributed by atoms with Crippen molar-refractivity contribution in [3.63, 3.8) is 0 Å². The van der Waals surface area contributed by atoms with E-state index in [1.807, 2.05) is 35.7 Å². The number of hydrogen-bond donors (Lipinski definition) is 1. The van der Waals surface area contributed by atoms with Crippen LogP contribution in [-0.4, -0.2) is 9.97 Å². The molecule has 5 heteroatoms. The highest BCUT2D eigenvalue weighted by molar-refractivity contribution is 7.14. The molecule has 0 spiro atoms. The van der Waals surface area contributed by atoms with Crippen LogP contribution in [0, 0.1) is 11.3 Å². The lowest BCUT2D eigenvalue weighted by atomic mass is 10.1. The van der Waals surface area contributed by atoms with E-state index in [4.69, 9.17) is 5.26 Å². The fraction of sp³-hybridized carbons (Fsp3) is 0. The summed E-state index contributed by atoms with van der Waals surface area (Å²) in [5.74, 6) is 0.772. The minimum Gasteiger partial charge on any atom is -0.316 e. The molecule has 1 N–H and O–H groups in total. The fourth-order valence-corrected chi connectivity index (χ4v) is 2.45. The number of hydrogen-bond acceptors (Lipinski definition) is 5. The number of benzene rings is 1. The van der Waals surface area contributed by atoms with Crippen molar-refractivity contribution in [2.45, 2.75) is 0 Å². The van der Waals surface area contributed by atoms with Gasteiger partial charge in [-0.2, -0.15) is 5.26 Å². The number of nitriles is 1. The first-order chi connectivity index (χ1) is 9.85. The lowest BCUT2D eigenvalue weighted by Crippen LogP contribution is -1.91. The van der Waals surface area contributed by atoms with E-state index in [9.17, 15) is 0 Å². The topological polar surface area (TPSA) is 61.6 Å². The Hall–Kier alpha value is -2.71. The predicted octanol–water partition coefficient (Wildman–Crippen LogP) is 3.82. The Balaban J connectivity index is 1.81. The maximum Gasteiger partial charge on any atom is 0.188 e. The monoisotopic (exact) mass is 278 g/mol. The van der Waals surface area contributed by atoms with Crippen molar-refractivity contribution in [2.24, 2.45) is 0 Å². The molecular formula is C15H10N4S. The van der Waals surface area contributed by atoms with Gasteiger partial charge in [-0.3, -0.25) is 0 Å². The van der Waals surface area contributed by atoms with E-state index in [0.717, 1.165) is 22.2 Å². The molecule has 0 bridgehead atoms. The van der Waals surface area contributed by atoms with Gasteiger partial charge in [-0.15, -0.1) is 11.3 Å². The summed E-state index contributed by atoms with van der Waals surface area (Å²) in [6.07, 6.45) is 1.73. The Morgan fingerprint density at radius 2 is 1.95 bits per heavy atom. The van der Waals surface area contributed by atoms with Gasteiger partial charge in [0.15, 0.2) is 5.13 Å². The molecule has 0 unspecified atom stereocenters. The van der Waals surface area contributed by atoms with Crippen LogP contribution in [0.1, 0.15) is 5.56 Å². The molecule has 0 amide bonds. The second-order valence-corrected chi connectivity index (χ2v) is 4.93. The van der Waals surface area contributed by atoms with E-state index in [2.05, 4.69) is 21.4 Å². The van der Waals surface area contributed by atoms with Crippen LogP contribution >= 0.6 is 11.3 Å². The number of nitrogens with one attached hydrogen (secondary N) is 1. The van der Waals surface area contributed by atoms with Crippen molar-refractivity contribution in [3.8, 4) is 17.3 Å². The summed E-state index contributed by atoms with van der Waals surface area (Å²) in [5, 5.41) is 14.7. The van der Waals surface area contributed by atoms with Gasteiger partial charge in [0.05, 0.1) is 17.3 Å². The molecule has 0 aliphatic rings. The van der Waals surface area contributed by atoms with Gasteiger partial charge in [0, 0.05) is 17.1 Å². The van der Waals surface area contributed by atoms with Crippen molar-refractivity contribution in [2.75, 3.05) is 5.32 Å². The summed E-state index contributed by atoms with van der Waals surface area (Å²) in [7, 11) is 0. The third kappa shape index (κ3) is 2.66. The molecule has 1 aromatic carbocycles. The molecule has 2 aromatic heterocycles. The number of thiazole rings is 1. The van der Waals surface area contributed by atoms with Crippen LogP contribution in [0.3, 0.4) is 0 Å². The van der Waals surface area contributed by atoms with Crippen molar-refractivity contribution in [1.29, 1.82) is 5.26 Å². The quantitative estimate of drug-likeness (QED) is 0.791. The third-order valence-corrected chi connectivity index (χ3v) is 3.47. The average molecular weight is 278 g/mol. The van der Waals surface area contributed by atoms with Gasteiger partial charge >= 0.3 is 0 Å². The maximum absolute atomic E-state index is 8.79. The van der Waals surface area contributed by atoms with Crippen molar-refractivity contribution >= 4 is 22.3 Å². The second kappa shape index (κ2) is 5.51. The lowest BCUT2D eigenvalue weighted by molar-refractivity contribution is 1.29. The van der Waals surface area contributed by atoms with E-state index in [-0.39, 0.29) is 0 Å². The Kier molecular flexibility index (Phi) is 3.40. The molecule has 96 valence electrons. The molecule has 3 rings (SSSR count). The molecule has 0 saturated heterocycles. The van der Waals surface area contributed by atoms with Crippen molar-refractivity contribution in [1.82, 2.24) is 9.97 Å². The summed E-state index contributed by atoms with van der Waals surface area (Å²) in [4.78, 5) is 8.71. The summed E-state index contributed by atoms with van der Waals surface area (Å²) in [5.41, 5.74) is 2.53. The Labute approximate surface area is 120 Å². The van der Waals surface area contributed by atoms with Gasteiger partial charge in [-0.25, -0.2) is 9.97 Å². The number of nitrogens with zero attached hydrogens (tertiary/aromatic N) is 3. The van der Waals surface area contributed by atoms with Crippen LogP contribution in [-0.2, 0) is 0 Å². The van der Waals surface area contributed by atoms with Gasteiger partial charge in [0.2, 0.25) is 0 Å². The first-order valence-corrected chi connectivity index (χ1v) is 6.87. The minimum absolute atomic E-state index is 0.649. The van der Waals surface area contributed by atoms with Crippen LogP contribution in [0.4, 0.5) is 10.9 Å². The molecule has 0 saturated carbocycles. The zero-order valence-electron chi connectivity index (χ0n) is 10.4. The zero-order valence-corrected chi connectivity index (χ0v) is 11.3. The number of rotatable bonds is 3. The van der Waals surface area contributed by atoms with Gasteiger partial charge in [0.25, 0.3) is 0 Å². The largest absolute Gasteiger partial charge is 0.316 e. The summed E-state index contributed by atoms with van der Waals surface area (Å²) < 4.78 is 0. The van der Waals surface area contributed by atoms with Crippen LogP contribution in [0.5, 0.6) is 0 Å². The molecule has 0 atom stereocenters. The number of pyridine rings is 1. The van der Waals surface area contributed by atoms with Crippen molar-refractivity contribution in [3.05, 3.63) is 59.6 Å². The third-order valence-electron chi connectivity index (χ3n) is 2.71. The van der Waals surface area contributed by atoms with Gasteiger partial charge in [-0.1, -0.05) is 18.2 Å². The molecule has 20 heavy (non-hydrogen) atoms. The highest BCUT2D eigenvalue weighted by Crippen LogP contribution is 2.26. The molecule has 0 fully saturated rings. The van der Waals surface area contributed by atoms with Crippen LogP contribution in [0.2, 0.25) is 0 Å². The molecule has 0 aliphatic carbocycles. The van der Waals surface area contributed by atoms with Crippen LogP contribution in [0.15, 0.2) is 54.0 Å². The summed E-state index contributed by atoms with van der Waals surface area (Å²) >= 11 is 1.52. The Bertz CT molecular complexity index is 742. The minimum atomic E-state index is 0.649. The van der Waals surface area contributed by atoms with E-state index in [0.29, 0.717) is 5.56 Å². The lowest BCUT2D eigenvalue weighted by Gasteiger charge is -2.00. The normalized spacial score (nSPS) is 9.95. The molecule has 2 heterocycles. The average Bonchev–Trinajstić information content (AvgIpc) is 2.97. The van der Waals surface area contributed by atoms with Crippen LogP contribution < -0.4 is 5.32 Å². The van der Waals surface area contributed by atoms with Gasteiger partial charge in [-0.05, 0) is 24.3 Å². The molecule has 0 radical (unpaired) electrons. The zero-order chi connectivity index (χ0) is 13.8. The molecular weight excluding hydrogens is 268 g/mol. The predicted molar refractivity (Wildman–Crippen MR) is 79.8 cm³/mol.